The summed E-state index contributed by atoms with van der Waals surface area (Å²) in [6.07, 6.45) is 2.61. The summed E-state index contributed by atoms with van der Waals surface area (Å²) in [5.74, 6) is -1.16. The van der Waals surface area contributed by atoms with Gasteiger partial charge in [-0.25, -0.2) is 9.78 Å². The predicted octanol–water partition coefficient (Wildman–Crippen LogP) is 0.241. The van der Waals surface area contributed by atoms with E-state index in [0.29, 0.717) is 0 Å². The number of hydrogen-bond acceptors (Lipinski definition) is 4. The Morgan fingerprint density at radius 3 is 2.83 bits per heavy atom. The molecule has 0 saturated carbocycles. The van der Waals surface area contributed by atoms with Crippen LogP contribution in [0.25, 0.3) is 0 Å². The Morgan fingerprint density at radius 1 is 1.58 bits per heavy atom. The lowest BCUT2D eigenvalue weighted by Gasteiger charge is -1.96. The molecule has 0 bridgehead atoms. The van der Waals surface area contributed by atoms with Crippen LogP contribution in [0.15, 0.2) is 12.4 Å². The fourth-order valence-corrected chi connectivity index (χ4v) is 0.750. The Bertz CT molecular complexity index is 343. The lowest BCUT2D eigenvalue weighted by atomic mass is 10.2. The standard InChI is InChI=1S/C7H5N3O2/c8-2-1-5-6(7(11)12)10-4-3-9-5/h3-4H,1H2,(H,11,12). The second-order valence-electron chi connectivity index (χ2n) is 1.99. The normalized spacial score (nSPS) is 8.92. The number of nitriles is 1. The van der Waals surface area contributed by atoms with E-state index in [1.165, 1.54) is 12.4 Å². The highest BCUT2D eigenvalue weighted by molar-refractivity contribution is 5.86. The van der Waals surface area contributed by atoms with Gasteiger partial charge in [-0.05, 0) is 0 Å². The predicted molar refractivity (Wildman–Crippen MR) is 38.3 cm³/mol. The monoisotopic (exact) mass is 163 g/mol. The van der Waals surface area contributed by atoms with Crippen LogP contribution in [0.2, 0.25) is 0 Å². The van der Waals surface area contributed by atoms with Gasteiger partial charge >= 0.3 is 5.97 Å². The van der Waals surface area contributed by atoms with Gasteiger partial charge in [0, 0.05) is 12.4 Å². The van der Waals surface area contributed by atoms with Crippen LogP contribution in [-0.4, -0.2) is 21.0 Å². The zero-order valence-corrected chi connectivity index (χ0v) is 6.06. The van der Waals surface area contributed by atoms with E-state index in [0.717, 1.165) is 0 Å². The molecule has 12 heavy (non-hydrogen) atoms. The Kier molecular flexibility index (Phi) is 2.33. The van der Waals surface area contributed by atoms with Crippen molar-refractivity contribution in [3.05, 3.63) is 23.8 Å². The van der Waals surface area contributed by atoms with E-state index in [4.69, 9.17) is 10.4 Å². The molecule has 0 amide bonds. The fourth-order valence-electron chi connectivity index (χ4n) is 0.750. The van der Waals surface area contributed by atoms with Crippen LogP contribution in [0.3, 0.4) is 0 Å². The van der Waals surface area contributed by atoms with Crippen molar-refractivity contribution in [3.8, 4) is 6.07 Å². The summed E-state index contributed by atoms with van der Waals surface area (Å²) in [7, 11) is 0. The fraction of sp³-hybridized carbons (Fsp3) is 0.143. The minimum absolute atomic E-state index is 0.0323. The molecule has 0 aromatic carbocycles. The molecule has 0 saturated heterocycles. The first-order valence-electron chi connectivity index (χ1n) is 3.16. The van der Waals surface area contributed by atoms with E-state index in [1.54, 1.807) is 0 Å². The molecule has 1 N–H and O–H groups in total. The largest absolute Gasteiger partial charge is 0.476 e. The van der Waals surface area contributed by atoms with E-state index in [9.17, 15) is 4.79 Å². The summed E-state index contributed by atoms with van der Waals surface area (Å²) in [6, 6.07) is 1.81. The Hall–Kier alpha value is -1.96. The molecule has 0 aliphatic heterocycles. The lowest BCUT2D eigenvalue weighted by molar-refractivity contribution is 0.0688. The smallest absolute Gasteiger partial charge is 0.356 e. The van der Waals surface area contributed by atoms with Crippen LogP contribution < -0.4 is 0 Å². The molecule has 1 aromatic rings. The summed E-state index contributed by atoms with van der Waals surface area (Å²) >= 11 is 0. The second kappa shape index (κ2) is 3.44. The first kappa shape index (κ1) is 8.14. The number of aromatic carboxylic acids is 1. The molecule has 0 unspecified atom stereocenters. The van der Waals surface area contributed by atoms with E-state index in [1.807, 2.05) is 6.07 Å². The van der Waals surface area contributed by atoms with E-state index in [2.05, 4.69) is 9.97 Å². The first-order chi connectivity index (χ1) is 5.75. The van der Waals surface area contributed by atoms with Gasteiger partial charge in [0.1, 0.15) is 0 Å². The number of carboxylic acid groups (broad SMARTS) is 1. The van der Waals surface area contributed by atoms with Crippen LogP contribution in [0, 0.1) is 11.3 Å². The molecule has 0 aliphatic carbocycles. The molecule has 5 nitrogen and oxygen atoms in total. The van der Waals surface area contributed by atoms with Crippen molar-refractivity contribution < 1.29 is 9.90 Å². The molecule has 0 atom stereocenters. The van der Waals surface area contributed by atoms with E-state index < -0.39 is 5.97 Å². The number of carboxylic acids is 1. The minimum Gasteiger partial charge on any atom is -0.476 e. The quantitative estimate of drug-likeness (QED) is 0.674. The summed E-state index contributed by atoms with van der Waals surface area (Å²) < 4.78 is 0. The van der Waals surface area contributed by atoms with Gasteiger partial charge in [-0.2, -0.15) is 5.26 Å². The van der Waals surface area contributed by atoms with Crippen LogP contribution in [0.5, 0.6) is 0 Å². The zero-order chi connectivity index (χ0) is 8.97. The SMILES string of the molecule is N#CCc1nccnc1C(=O)O. The van der Waals surface area contributed by atoms with Gasteiger partial charge in [0.15, 0.2) is 5.69 Å². The average molecular weight is 163 g/mol. The highest BCUT2D eigenvalue weighted by Gasteiger charge is 2.11. The minimum atomic E-state index is -1.16. The molecule has 1 rings (SSSR count). The van der Waals surface area contributed by atoms with Crippen molar-refractivity contribution >= 4 is 5.97 Å². The van der Waals surface area contributed by atoms with Gasteiger partial charge in [-0.1, -0.05) is 0 Å². The highest BCUT2D eigenvalue weighted by Crippen LogP contribution is 2.01. The molecular weight excluding hydrogens is 158 g/mol. The highest BCUT2D eigenvalue weighted by atomic mass is 16.4. The Balaban J connectivity index is 3.10. The number of aromatic nitrogens is 2. The molecule has 5 heteroatoms. The van der Waals surface area contributed by atoms with E-state index >= 15 is 0 Å². The van der Waals surface area contributed by atoms with Gasteiger partial charge in [0.2, 0.25) is 0 Å². The molecule has 0 radical (unpaired) electrons. The van der Waals surface area contributed by atoms with Gasteiger partial charge in [0.25, 0.3) is 0 Å². The third-order valence-corrected chi connectivity index (χ3v) is 1.22. The average Bonchev–Trinajstić information content (AvgIpc) is 2.05. The maximum atomic E-state index is 10.5. The van der Waals surface area contributed by atoms with Gasteiger partial charge in [0.05, 0.1) is 18.2 Å². The van der Waals surface area contributed by atoms with Gasteiger partial charge in [-0.15, -0.1) is 0 Å². The number of hydrogen-bond donors (Lipinski definition) is 1. The topological polar surface area (TPSA) is 86.9 Å². The molecule has 0 spiro atoms. The Labute approximate surface area is 68.3 Å². The summed E-state index contributed by atoms with van der Waals surface area (Å²) in [6.45, 7) is 0. The van der Waals surface area contributed by atoms with Gasteiger partial charge < -0.3 is 5.11 Å². The third-order valence-electron chi connectivity index (χ3n) is 1.22. The number of carbonyl (C=O) groups is 1. The van der Waals surface area contributed by atoms with Crippen molar-refractivity contribution in [1.82, 2.24) is 9.97 Å². The van der Waals surface area contributed by atoms with Crippen molar-refractivity contribution in [2.45, 2.75) is 6.42 Å². The zero-order valence-electron chi connectivity index (χ0n) is 6.06. The van der Waals surface area contributed by atoms with Crippen LogP contribution in [-0.2, 0) is 6.42 Å². The maximum absolute atomic E-state index is 10.5. The second-order valence-corrected chi connectivity index (χ2v) is 1.99. The van der Waals surface area contributed by atoms with Crippen molar-refractivity contribution in [2.75, 3.05) is 0 Å². The lowest BCUT2D eigenvalue weighted by Crippen LogP contribution is -2.06. The van der Waals surface area contributed by atoms with Crippen LogP contribution >= 0.6 is 0 Å². The number of nitrogens with zero attached hydrogens (tertiary/aromatic N) is 3. The molecule has 0 fully saturated rings. The van der Waals surface area contributed by atoms with Gasteiger partial charge in [-0.3, -0.25) is 4.98 Å². The molecule has 1 heterocycles. The maximum Gasteiger partial charge on any atom is 0.356 e. The summed E-state index contributed by atoms with van der Waals surface area (Å²) in [5.41, 5.74) is 0.0477. The Morgan fingerprint density at radius 2 is 2.25 bits per heavy atom. The molecule has 60 valence electrons. The summed E-state index contributed by atoms with van der Waals surface area (Å²) in [4.78, 5) is 17.8. The van der Waals surface area contributed by atoms with Crippen LogP contribution in [0.4, 0.5) is 0 Å². The third kappa shape index (κ3) is 1.55. The van der Waals surface area contributed by atoms with Crippen LogP contribution in [0.1, 0.15) is 16.2 Å². The van der Waals surface area contributed by atoms with E-state index in [-0.39, 0.29) is 17.8 Å². The van der Waals surface area contributed by atoms with Crippen molar-refractivity contribution in [2.24, 2.45) is 0 Å². The van der Waals surface area contributed by atoms with Crippen molar-refractivity contribution in [3.63, 3.8) is 0 Å². The molecular formula is C7H5N3O2. The first-order valence-corrected chi connectivity index (χ1v) is 3.16. The van der Waals surface area contributed by atoms with Crippen molar-refractivity contribution in [1.29, 1.82) is 5.26 Å². The summed E-state index contributed by atoms with van der Waals surface area (Å²) in [5, 5.41) is 16.9. The number of rotatable bonds is 2. The molecule has 1 aromatic heterocycles. The molecule has 0 aliphatic rings.